The van der Waals surface area contributed by atoms with E-state index in [9.17, 15) is 4.79 Å². The zero-order valence-corrected chi connectivity index (χ0v) is 19.4. The number of thiocarbonyl (C=S) groups is 1. The molecule has 0 bridgehead atoms. The van der Waals surface area contributed by atoms with Crippen LogP contribution in [0.3, 0.4) is 0 Å². The van der Waals surface area contributed by atoms with E-state index in [1.54, 1.807) is 0 Å². The molecular weight excluding hydrogens is 438 g/mol. The van der Waals surface area contributed by atoms with Crippen LogP contribution in [0, 0.1) is 0 Å². The van der Waals surface area contributed by atoms with Crippen LogP contribution in [0.4, 0.5) is 5.69 Å². The Bertz CT molecular complexity index is 1220. The first-order valence-corrected chi connectivity index (χ1v) is 11.8. The number of pyridine rings is 1. The summed E-state index contributed by atoms with van der Waals surface area (Å²) in [5.41, 5.74) is 2.18. The second-order valence-electron chi connectivity index (χ2n) is 8.37. The molecule has 0 unspecified atom stereocenters. The monoisotopic (exact) mass is 465 g/mol. The molecule has 2 aromatic carbocycles. The minimum Gasteiger partial charge on any atom is -0.494 e. The van der Waals surface area contributed by atoms with Crippen LogP contribution in [0.25, 0.3) is 10.9 Å². The molecule has 1 fully saturated rings. The number of aromatic amines is 1. The normalized spacial score (nSPS) is 15.1. The Kier molecular flexibility index (Phi) is 6.09. The molecule has 0 atom stereocenters. The van der Waals surface area contributed by atoms with Crippen molar-refractivity contribution in [3.8, 4) is 17.2 Å². The van der Waals surface area contributed by atoms with Crippen molar-refractivity contribution < 1.29 is 14.2 Å². The fourth-order valence-electron chi connectivity index (χ4n) is 4.52. The highest BCUT2D eigenvalue weighted by Crippen LogP contribution is 2.35. The lowest BCUT2D eigenvalue weighted by molar-refractivity contribution is 0.174. The van der Waals surface area contributed by atoms with Gasteiger partial charge in [-0.15, -0.1) is 0 Å². The van der Waals surface area contributed by atoms with Gasteiger partial charge < -0.3 is 29.4 Å². The molecule has 1 aliphatic heterocycles. The first-order chi connectivity index (χ1) is 16.1. The number of nitrogens with one attached hydrogen (secondary N) is 2. The van der Waals surface area contributed by atoms with E-state index in [1.807, 2.05) is 49.4 Å². The number of H-pyrrole nitrogens is 1. The third kappa shape index (κ3) is 4.61. The van der Waals surface area contributed by atoms with Crippen molar-refractivity contribution in [1.29, 1.82) is 0 Å². The van der Waals surface area contributed by atoms with Crippen molar-refractivity contribution >= 4 is 33.9 Å². The molecule has 33 heavy (non-hydrogen) atoms. The summed E-state index contributed by atoms with van der Waals surface area (Å²) in [5.74, 6) is 2.17. The van der Waals surface area contributed by atoms with Crippen molar-refractivity contribution in [2.45, 2.75) is 45.2 Å². The summed E-state index contributed by atoms with van der Waals surface area (Å²) < 4.78 is 16.5. The molecule has 7 nitrogen and oxygen atoms in total. The van der Waals surface area contributed by atoms with Gasteiger partial charge in [0.15, 0.2) is 16.6 Å². The molecule has 2 aliphatic rings. The van der Waals surface area contributed by atoms with Crippen LogP contribution in [-0.4, -0.2) is 34.4 Å². The lowest BCUT2D eigenvalue weighted by atomic mass is 10.1. The number of hydrogen-bond donors (Lipinski definition) is 2. The third-order valence-electron chi connectivity index (χ3n) is 6.20. The second-order valence-corrected chi connectivity index (χ2v) is 8.76. The van der Waals surface area contributed by atoms with E-state index >= 15 is 0 Å². The summed E-state index contributed by atoms with van der Waals surface area (Å²) in [6.07, 6.45) is 4.47. The van der Waals surface area contributed by atoms with Gasteiger partial charge in [-0.1, -0.05) is 12.8 Å². The van der Waals surface area contributed by atoms with Gasteiger partial charge in [0.1, 0.15) is 5.75 Å². The molecule has 1 aromatic heterocycles. The molecule has 172 valence electrons. The Morgan fingerprint density at radius 3 is 2.61 bits per heavy atom. The van der Waals surface area contributed by atoms with Gasteiger partial charge in [0, 0.05) is 28.7 Å². The Labute approximate surface area is 197 Å². The predicted octanol–water partition coefficient (Wildman–Crippen LogP) is 4.80. The highest BCUT2D eigenvalue weighted by molar-refractivity contribution is 7.80. The molecule has 2 N–H and O–H groups in total. The van der Waals surface area contributed by atoms with E-state index in [2.05, 4.69) is 15.2 Å². The van der Waals surface area contributed by atoms with Crippen molar-refractivity contribution in [3.05, 3.63) is 58.4 Å². The summed E-state index contributed by atoms with van der Waals surface area (Å²) in [5, 5.41) is 4.88. The first-order valence-electron chi connectivity index (χ1n) is 11.4. The number of nitrogens with zero attached hydrogens (tertiary/aromatic N) is 1. The van der Waals surface area contributed by atoms with Gasteiger partial charge in [-0.3, -0.25) is 4.79 Å². The molecule has 8 heteroatoms. The van der Waals surface area contributed by atoms with E-state index in [4.69, 9.17) is 26.4 Å². The molecular formula is C25H27N3O4S. The smallest absolute Gasteiger partial charge is 0.253 e. The van der Waals surface area contributed by atoms with Crippen LogP contribution in [0.15, 0.2) is 47.3 Å². The molecule has 1 saturated carbocycles. The fourth-order valence-corrected chi connectivity index (χ4v) is 4.85. The molecule has 0 saturated heterocycles. The molecule has 1 aliphatic carbocycles. The summed E-state index contributed by atoms with van der Waals surface area (Å²) in [7, 11) is 0. The highest BCUT2D eigenvalue weighted by atomic mass is 32.1. The average Bonchev–Trinajstić information content (AvgIpc) is 3.49. The van der Waals surface area contributed by atoms with Crippen LogP contribution in [0.2, 0.25) is 0 Å². The maximum Gasteiger partial charge on any atom is 0.253 e. The van der Waals surface area contributed by atoms with Gasteiger partial charge in [0.25, 0.3) is 5.56 Å². The third-order valence-corrected chi connectivity index (χ3v) is 6.53. The van der Waals surface area contributed by atoms with Gasteiger partial charge in [-0.05, 0) is 68.4 Å². The van der Waals surface area contributed by atoms with Gasteiger partial charge in [0.05, 0.1) is 18.7 Å². The molecule has 3 aromatic rings. The standard InChI is InChI=1S/C25H27N3O4S/c1-2-30-20-9-7-18(8-10-20)26-25(33)28(19-5-3-4-6-19)14-17-11-16-12-22-23(32-15-31-22)13-21(16)27-24(17)29/h7-13,19H,2-6,14-15H2,1H3,(H,26,33)(H,27,29). The SMILES string of the molecule is CCOc1ccc(NC(=S)N(Cc2cc3cc4c(cc3[nH]c2=O)OCO4)C2CCCC2)cc1. The number of benzene rings is 2. The Balaban J connectivity index is 1.40. The molecule has 2 heterocycles. The van der Waals surface area contributed by atoms with Gasteiger partial charge in [-0.2, -0.15) is 0 Å². The van der Waals surface area contributed by atoms with E-state index < -0.39 is 0 Å². The Morgan fingerprint density at radius 2 is 1.88 bits per heavy atom. The zero-order valence-electron chi connectivity index (χ0n) is 18.6. The van der Waals surface area contributed by atoms with E-state index in [0.717, 1.165) is 35.2 Å². The van der Waals surface area contributed by atoms with E-state index in [1.165, 1.54) is 12.8 Å². The van der Waals surface area contributed by atoms with Crippen LogP contribution >= 0.6 is 12.2 Å². The number of anilines is 1. The number of hydrogen-bond acceptors (Lipinski definition) is 5. The molecule has 0 spiro atoms. The maximum absolute atomic E-state index is 12.9. The van der Waals surface area contributed by atoms with Crippen LogP contribution in [0.5, 0.6) is 17.2 Å². The summed E-state index contributed by atoms with van der Waals surface area (Å²) in [6, 6.07) is 13.7. The molecule has 5 rings (SSSR count). The van der Waals surface area contributed by atoms with Crippen molar-refractivity contribution in [2.24, 2.45) is 0 Å². The van der Waals surface area contributed by atoms with Crippen LogP contribution < -0.4 is 25.1 Å². The first kappa shape index (κ1) is 21.6. The fraction of sp³-hybridized carbons (Fsp3) is 0.360. The van der Waals surface area contributed by atoms with Crippen molar-refractivity contribution in [3.63, 3.8) is 0 Å². The summed E-state index contributed by atoms with van der Waals surface area (Å²) in [6.45, 7) is 3.23. The number of ether oxygens (including phenoxy) is 3. The van der Waals surface area contributed by atoms with E-state index in [-0.39, 0.29) is 12.4 Å². The van der Waals surface area contributed by atoms with Crippen molar-refractivity contribution in [2.75, 3.05) is 18.7 Å². The maximum atomic E-state index is 12.9. The Morgan fingerprint density at radius 1 is 1.15 bits per heavy atom. The number of fused-ring (bicyclic) bond motifs is 2. The minimum absolute atomic E-state index is 0.117. The average molecular weight is 466 g/mol. The topological polar surface area (TPSA) is 75.8 Å². The Hall–Kier alpha value is -3.26. The largest absolute Gasteiger partial charge is 0.494 e. The predicted molar refractivity (Wildman–Crippen MR) is 132 cm³/mol. The van der Waals surface area contributed by atoms with Gasteiger partial charge in [0.2, 0.25) is 6.79 Å². The van der Waals surface area contributed by atoms with E-state index in [0.29, 0.717) is 41.4 Å². The zero-order chi connectivity index (χ0) is 22.8. The minimum atomic E-state index is -0.117. The summed E-state index contributed by atoms with van der Waals surface area (Å²) in [4.78, 5) is 18.1. The van der Waals surface area contributed by atoms with Gasteiger partial charge in [-0.25, -0.2) is 0 Å². The number of aromatic nitrogens is 1. The van der Waals surface area contributed by atoms with Crippen LogP contribution in [0.1, 0.15) is 38.2 Å². The lowest BCUT2D eigenvalue weighted by Crippen LogP contribution is -2.42. The van der Waals surface area contributed by atoms with Crippen LogP contribution in [-0.2, 0) is 6.54 Å². The quantitative estimate of drug-likeness (QED) is 0.507. The summed E-state index contributed by atoms with van der Waals surface area (Å²) >= 11 is 5.82. The highest BCUT2D eigenvalue weighted by Gasteiger charge is 2.26. The molecule has 0 amide bonds. The molecule has 0 radical (unpaired) electrons. The lowest BCUT2D eigenvalue weighted by Gasteiger charge is -2.31. The number of rotatable bonds is 6. The second kappa shape index (κ2) is 9.31. The van der Waals surface area contributed by atoms with Crippen molar-refractivity contribution in [1.82, 2.24) is 9.88 Å². The van der Waals surface area contributed by atoms with Gasteiger partial charge >= 0.3 is 0 Å².